The van der Waals surface area contributed by atoms with Crippen molar-refractivity contribution in [1.82, 2.24) is 0 Å². The highest BCUT2D eigenvalue weighted by atomic mass is 35.5. The quantitative estimate of drug-likeness (QED) is 0.636. The molecule has 0 amide bonds. The molecule has 6 heteroatoms. The Morgan fingerprint density at radius 3 is 2.44 bits per heavy atom. The standard InChI is InChI=1S/C12H10ClNO4/c1-6(13)10(15)8-2-7(5-14)3-9(4-8)11(16)12(17)18/h2-4,6,11,16H,1H3,(H,17,18). The van der Waals surface area contributed by atoms with Gasteiger partial charge in [0.15, 0.2) is 11.9 Å². The van der Waals surface area contributed by atoms with Gasteiger partial charge in [-0.25, -0.2) is 4.79 Å². The minimum atomic E-state index is -1.78. The van der Waals surface area contributed by atoms with Crippen molar-refractivity contribution in [3.63, 3.8) is 0 Å². The maximum Gasteiger partial charge on any atom is 0.337 e. The van der Waals surface area contributed by atoms with Gasteiger partial charge in [0.05, 0.1) is 17.0 Å². The number of nitriles is 1. The Kier molecular flexibility index (Phi) is 4.43. The van der Waals surface area contributed by atoms with Crippen molar-refractivity contribution >= 4 is 23.4 Å². The van der Waals surface area contributed by atoms with E-state index < -0.39 is 23.2 Å². The zero-order valence-electron chi connectivity index (χ0n) is 9.42. The van der Waals surface area contributed by atoms with Crippen LogP contribution in [-0.2, 0) is 4.79 Å². The number of aliphatic hydroxyl groups excluding tert-OH is 1. The van der Waals surface area contributed by atoms with Gasteiger partial charge in [0.2, 0.25) is 0 Å². The SMILES string of the molecule is CC(Cl)C(=O)c1cc(C#N)cc(C(O)C(=O)O)c1. The van der Waals surface area contributed by atoms with Gasteiger partial charge in [0.1, 0.15) is 0 Å². The van der Waals surface area contributed by atoms with E-state index in [1.807, 2.05) is 0 Å². The number of rotatable bonds is 4. The zero-order chi connectivity index (χ0) is 13.9. The van der Waals surface area contributed by atoms with Gasteiger partial charge in [0, 0.05) is 5.56 Å². The largest absolute Gasteiger partial charge is 0.479 e. The number of carboxylic acids is 1. The summed E-state index contributed by atoms with van der Waals surface area (Å²) < 4.78 is 0. The summed E-state index contributed by atoms with van der Waals surface area (Å²) in [5, 5.41) is 26.1. The summed E-state index contributed by atoms with van der Waals surface area (Å²) in [4.78, 5) is 22.4. The molecule has 0 spiro atoms. The minimum Gasteiger partial charge on any atom is -0.479 e. The number of carbonyl (C=O) groups excluding carboxylic acids is 1. The number of carboxylic acid groups (broad SMARTS) is 1. The van der Waals surface area contributed by atoms with Crippen LogP contribution in [0.4, 0.5) is 0 Å². The molecule has 0 saturated carbocycles. The number of carbonyl (C=O) groups is 2. The Hall–Kier alpha value is -1.90. The number of Topliss-reactive ketones (excluding diaryl/α,β-unsaturated/α-hetero) is 1. The molecule has 2 atom stereocenters. The van der Waals surface area contributed by atoms with E-state index in [9.17, 15) is 14.7 Å². The number of aliphatic hydroxyl groups is 1. The lowest BCUT2D eigenvalue weighted by molar-refractivity contribution is -0.146. The molecule has 2 N–H and O–H groups in total. The summed E-state index contributed by atoms with van der Waals surface area (Å²) >= 11 is 5.64. The first-order valence-corrected chi connectivity index (χ1v) is 5.44. The van der Waals surface area contributed by atoms with E-state index in [4.69, 9.17) is 22.0 Å². The van der Waals surface area contributed by atoms with E-state index in [1.54, 1.807) is 6.07 Å². The number of hydrogen-bond acceptors (Lipinski definition) is 4. The van der Waals surface area contributed by atoms with E-state index in [0.717, 1.165) is 0 Å². The van der Waals surface area contributed by atoms with Crippen LogP contribution in [0.5, 0.6) is 0 Å². The Bertz CT molecular complexity index is 533. The number of hydrogen-bond donors (Lipinski definition) is 2. The molecule has 1 aromatic carbocycles. The van der Waals surface area contributed by atoms with Crippen LogP contribution >= 0.6 is 11.6 Å². The fourth-order valence-electron chi connectivity index (χ4n) is 1.39. The average Bonchev–Trinajstić information content (AvgIpc) is 2.35. The molecule has 0 fully saturated rings. The van der Waals surface area contributed by atoms with Crippen LogP contribution in [-0.4, -0.2) is 27.3 Å². The first kappa shape index (κ1) is 14.2. The third-order valence-corrected chi connectivity index (χ3v) is 2.48. The van der Waals surface area contributed by atoms with Gasteiger partial charge < -0.3 is 10.2 Å². The Balaban J connectivity index is 3.31. The van der Waals surface area contributed by atoms with Crippen LogP contribution < -0.4 is 0 Å². The van der Waals surface area contributed by atoms with E-state index in [2.05, 4.69) is 0 Å². The first-order chi connectivity index (χ1) is 8.36. The Morgan fingerprint density at radius 1 is 1.39 bits per heavy atom. The summed E-state index contributed by atoms with van der Waals surface area (Å²) in [5.41, 5.74) is 0.169. The lowest BCUT2D eigenvalue weighted by atomic mass is 9.99. The molecule has 0 aliphatic heterocycles. The Morgan fingerprint density at radius 2 is 2.00 bits per heavy atom. The third kappa shape index (κ3) is 3.06. The molecular weight excluding hydrogens is 258 g/mol. The highest BCUT2D eigenvalue weighted by Crippen LogP contribution is 2.19. The van der Waals surface area contributed by atoms with Crippen LogP contribution in [0.3, 0.4) is 0 Å². The second-order valence-corrected chi connectivity index (χ2v) is 4.33. The topological polar surface area (TPSA) is 98.4 Å². The highest BCUT2D eigenvalue weighted by molar-refractivity contribution is 6.33. The van der Waals surface area contributed by atoms with Gasteiger partial charge in [-0.2, -0.15) is 5.26 Å². The van der Waals surface area contributed by atoms with E-state index >= 15 is 0 Å². The second kappa shape index (κ2) is 5.63. The molecule has 0 bridgehead atoms. The lowest BCUT2D eigenvalue weighted by Crippen LogP contribution is -2.14. The summed E-state index contributed by atoms with van der Waals surface area (Å²) in [6.07, 6.45) is -1.78. The molecular formula is C12H10ClNO4. The number of benzene rings is 1. The molecule has 1 rings (SSSR count). The number of aliphatic carboxylic acids is 1. The number of ketones is 1. The van der Waals surface area contributed by atoms with Crippen molar-refractivity contribution in [1.29, 1.82) is 5.26 Å². The van der Waals surface area contributed by atoms with Crippen molar-refractivity contribution in [2.45, 2.75) is 18.4 Å². The van der Waals surface area contributed by atoms with Gasteiger partial charge in [-0.05, 0) is 30.7 Å². The third-order valence-electron chi connectivity index (χ3n) is 2.28. The van der Waals surface area contributed by atoms with Gasteiger partial charge in [0.25, 0.3) is 0 Å². The van der Waals surface area contributed by atoms with Crippen LogP contribution in [0.25, 0.3) is 0 Å². The molecule has 18 heavy (non-hydrogen) atoms. The molecule has 2 unspecified atom stereocenters. The normalized spacial score (nSPS) is 13.4. The van der Waals surface area contributed by atoms with Crippen molar-refractivity contribution in [2.75, 3.05) is 0 Å². The number of alkyl halides is 1. The number of nitrogens with zero attached hydrogens (tertiary/aromatic N) is 1. The van der Waals surface area contributed by atoms with E-state index in [0.29, 0.717) is 0 Å². The van der Waals surface area contributed by atoms with Crippen molar-refractivity contribution < 1.29 is 19.8 Å². The summed E-state index contributed by atoms with van der Waals surface area (Å²) in [7, 11) is 0. The molecule has 94 valence electrons. The number of halogens is 1. The molecule has 0 aliphatic carbocycles. The molecule has 0 saturated heterocycles. The van der Waals surface area contributed by atoms with Gasteiger partial charge in [-0.3, -0.25) is 4.79 Å². The van der Waals surface area contributed by atoms with Crippen LogP contribution in [0.2, 0.25) is 0 Å². The lowest BCUT2D eigenvalue weighted by Gasteiger charge is -2.09. The molecule has 1 aromatic rings. The van der Waals surface area contributed by atoms with Gasteiger partial charge in [-0.1, -0.05) is 0 Å². The Labute approximate surface area is 108 Å². The van der Waals surface area contributed by atoms with Crippen LogP contribution in [0.15, 0.2) is 18.2 Å². The molecule has 0 aliphatic rings. The fraction of sp³-hybridized carbons (Fsp3) is 0.250. The fourth-order valence-corrected chi connectivity index (χ4v) is 1.51. The van der Waals surface area contributed by atoms with E-state index in [1.165, 1.54) is 25.1 Å². The summed E-state index contributed by atoms with van der Waals surface area (Å²) in [6.45, 7) is 1.47. The first-order valence-electron chi connectivity index (χ1n) is 5.01. The molecule has 0 radical (unpaired) electrons. The maximum atomic E-state index is 11.7. The monoisotopic (exact) mass is 267 g/mol. The summed E-state index contributed by atoms with van der Waals surface area (Å²) in [5.74, 6) is -1.89. The van der Waals surface area contributed by atoms with Gasteiger partial charge in [-0.15, -0.1) is 11.6 Å². The predicted molar refractivity (Wildman–Crippen MR) is 63.4 cm³/mol. The maximum absolute atomic E-state index is 11.7. The average molecular weight is 268 g/mol. The summed E-state index contributed by atoms with van der Waals surface area (Å²) in [6, 6.07) is 5.54. The molecule has 5 nitrogen and oxygen atoms in total. The predicted octanol–water partition coefficient (Wildman–Crippen LogP) is 1.49. The smallest absolute Gasteiger partial charge is 0.337 e. The second-order valence-electron chi connectivity index (χ2n) is 3.68. The van der Waals surface area contributed by atoms with Crippen LogP contribution in [0, 0.1) is 11.3 Å². The molecule has 0 heterocycles. The zero-order valence-corrected chi connectivity index (χ0v) is 10.2. The van der Waals surface area contributed by atoms with Crippen molar-refractivity contribution in [3.8, 4) is 6.07 Å². The minimum absolute atomic E-state index is 0.0257. The van der Waals surface area contributed by atoms with Crippen LogP contribution in [0.1, 0.15) is 34.5 Å². The molecule has 0 aromatic heterocycles. The highest BCUT2D eigenvalue weighted by Gasteiger charge is 2.20. The van der Waals surface area contributed by atoms with Crippen molar-refractivity contribution in [2.24, 2.45) is 0 Å². The van der Waals surface area contributed by atoms with Gasteiger partial charge >= 0.3 is 5.97 Å². The van der Waals surface area contributed by atoms with Crippen molar-refractivity contribution in [3.05, 3.63) is 34.9 Å². The van der Waals surface area contributed by atoms with E-state index in [-0.39, 0.29) is 16.7 Å².